The Morgan fingerprint density at radius 2 is 2.07 bits per heavy atom. The quantitative estimate of drug-likeness (QED) is 0.798. The highest BCUT2D eigenvalue weighted by atomic mass is 16.5. The lowest BCUT2D eigenvalue weighted by Gasteiger charge is -2.14. The molecule has 0 bridgehead atoms. The van der Waals surface area contributed by atoms with Crippen LogP contribution < -0.4 is 4.74 Å². The van der Waals surface area contributed by atoms with Crippen molar-refractivity contribution in [3.63, 3.8) is 0 Å². The minimum Gasteiger partial charge on any atom is -0.491 e. The summed E-state index contributed by atoms with van der Waals surface area (Å²) in [6.45, 7) is 5.88. The largest absolute Gasteiger partial charge is 0.491 e. The van der Waals surface area contributed by atoms with Gasteiger partial charge in [-0.3, -0.25) is 0 Å². The molecule has 1 N–H and O–H groups in total. The van der Waals surface area contributed by atoms with Crippen LogP contribution in [0.2, 0.25) is 0 Å². The zero-order chi connectivity index (χ0) is 10.6. The van der Waals surface area contributed by atoms with E-state index in [0.29, 0.717) is 0 Å². The van der Waals surface area contributed by atoms with Gasteiger partial charge in [0.15, 0.2) is 0 Å². The maximum atomic E-state index is 9.38. The molecular weight excluding hydrogens is 176 g/mol. The molecule has 1 aromatic rings. The summed E-state index contributed by atoms with van der Waals surface area (Å²) < 4.78 is 5.64. The van der Waals surface area contributed by atoms with E-state index in [1.54, 1.807) is 6.92 Å². The number of hydrogen-bond acceptors (Lipinski definition) is 2. The van der Waals surface area contributed by atoms with Crippen molar-refractivity contribution in [3.8, 4) is 5.75 Å². The van der Waals surface area contributed by atoms with Crippen LogP contribution in [0.15, 0.2) is 24.3 Å². The van der Waals surface area contributed by atoms with Crippen molar-refractivity contribution in [2.45, 2.75) is 39.4 Å². The minimum absolute atomic E-state index is 0.222. The van der Waals surface area contributed by atoms with Gasteiger partial charge in [0.05, 0.1) is 12.2 Å². The summed E-state index contributed by atoms with van der Waals surface area (Å²) in [6.07, 6.45) is 0.772. The van der Waals surface area contributed by atoms with Gasteiger partial charge >= 0.3 is 0 Å². The van der Waals surface area contributed by atoms with Crippen molar-refractivity contribution < 1.29 is 9.84 Å². The van der Waals surface area contributed by atoms with E-state index in [9.17, 15) is 5.11 Å². The summed E-state index contributed by atoms with van der Waals surface area (Å²) in [5.41, 5.74) is 0.894. The molecule has 0 amide bonds. The van der Waals surface area contributed by atoms with Gasteiger partial charge in [-0.1, -0.05) is 19.1 Å². The van der Waals surface area contributed by atoms with Crippen molar-refractivity contribution in [2.75, 3.05) is 0 Å². The lowest BCUT2D eigenvalue weighted by Crippen LogP contribution is -2.09. The molecule has 1 aromatic carbocycles. The Bertz CT molecular complexity index is 281. The van der Waals surface area contributed by atoms with Crippen molar-refractivity contribution in [1.29, 1.82) is 0 Å². The molecule has 0 radical (unpaired) electrons. The molecule has 0 saturated heterocycles. The van der Waals surface area contributed by atoms with Crippen LogP contribution in [0.4, 0.5) is 0 Å². The number of benzene rings is 1. The molecule has 0 aliphatic heterocycles. The van der Waals surface area contributed by atoms with Crippen molar-refractivity contribution >= 4 is 0 Å². The Kier molecular flexibility index (Phi) is 3.96. The fourth-order valence-electron chi connectivity index (χ4n) is 1.16. The number of aliphatic hydroxyl groups excluding tert-OH is 1. The smallest absolute Gasteiger partial charge is 0.120 e. The molecule has 78 valence electrons. The van der Waals surface area contributed by atoms with E-state index >= 15 is 0 Å². The Morgan fingerprint density at radius 3 is 2.64 bits per heavy atom. The average Bonchev–Trinajstić information content (AvgIpc) is 2.18. The Hall–Kier alpha value is -1.02. The molecule has 2 atom stereocenters. The van der Waals surface area contributed by atoms with Gasteiger partial charge in [-0.05, 0) is 38.0 Å². The second-order valence-electron chi connectivity index (χ2n) is 3.59. The highest BCUT2D eigenvalue weighted by Gasteiger charge is 2.04. The van der Waals surface area contributed by atoms with Gasteiger partial charge in [-0.15, -0.1) is 0 Å². The molecule has 0 saturated carbocycles. The first-order chi connectivity index (χ1) is 6.63. The Morgan fingerprint density at radius 1 is 1.36 bits per heavy atom. The number of aliphatic hydroxyl groups is 1. The van der Waals surface area contributed by atoms with E-state index in [1.807, 2.05) is 31.2 Å². The lowest BCUT2D eigenvalue weighted by molar-refractivity contribution is 0.195. The SMILES string of the molecule is CCC(C)Oc1cccc([C@@H](C)O)c1. The molecule has 0 aliphatic carbocycles. The number of ether oxygens (including phenoxy) is 1. The van der Waals surface area contributed by atoms with Crippen LogP contribution in [0.5, 0.6) is 5.75 Å². The van der Waals surface area contributed by atoms with Crippen molar-refractivity contribution in [1.82, 2.24) is 0 Å². The number of rotatable bonds is 4. The molecule has 1 unspecified atom stereocenters. The standard InChI is InChI=1S/C12H18O2/c1-4-9(2)14-12-7-5-6-11(8-12)10(3)13/h5-10,13H,4H2,1-3H3/t9?,10-/m1/s1. The first-order valence-corrected chi connectivity index (χ1v) is 5.08. The fraction of sp³-hybridized carbons (Fsp3) is 0.500. The first kappa shape index (κ1) is 11.1. The molecule has 0 spiro atoms. The van der Waals surface area contributed by atoms with Crippen LogP contribution in [0.3, 0.4) is 0 Å². The second-order valence-corrected chi connectivity index (χ2v) is 3.59. The Balaban J connectivity index is 2.73. The summed E-state index contributed by atoms with van der Waals surface area (Å²) in [6, 6.07) is 7.60. The highest BCUT2D eigenvalue weighted by molar-refractivity contribution is 5.29. The zero-order valence-electron chi connectivity index (χ0n) is 9.03. The van der Waals surface area contributed by atoms with Crippen LogP contribution in [-0.4, -0.2) is 11.2 Å². The first-order valence-electron chi connectivity index (χ1n) is 5.08. The Labute approximate surface area is 85.5 Å². The second kappa shape index (κ2) is 5.01. The summed E-state index contributed by atoms with van der Waals surface area (Å²) in [5.74, 6) is 0.831. The number of hydrogen-bond donors (Lipinski definition) is 1. The molecule has 14 heavy (non-hydrogen) atoms. The summed E-state index contributed by atoms with van der Waals surface area (Å²) in [4.78, 5) is 0. The van der Waals surface area contributed by atoms with E-state index in [-0.39, 0.29) is 6.10 Å². The molecule has 0 aliphatic rings. The normalized spacial score (nSPS) is 14.9. The van der Waals surface area contributed by atoms with Crippen molar-refractivity contribution in [2.24, 2.45) is 0 Å². The minimum atomic E-state index is -0.435. The summed E-state index contributed by atoms with van der Waals surface area (Å²) >= 11 is 0. The van der Waals surface area contributed by atoms with Crippen LogP contribution >= 0.6 is 0 Å². The summed E-state index contributed by atoms with van der Waals surface area (Å²) in [5, 5.41) is 9.38. The van der Waals surface area contributed by atoms with Gasteiger partial charge in [0.1, 0.15) is 5.75 Å². The van der Waals surface area contributed by atoms with E-state index < -0.39 is 6.10 Å². The monoisotopic (exact) mass is 194 g/mol. The van der Waals surface area contributed by atoms with Gasteiger partial charge in [0.2, 0.25) is 0 Å². The van der Waals surface area contributed by atoms with Gasteiger partial charge in [-0.25, -0.2) is 0 Å². The van der Waals surface area contributed by atoms with Crippen molar-refractivity contribution in [3.05, 3.63) is 29.8 Å². The predicted octanol–water partition coefficient (Wildman–Crippen LogP) is 2.92. The third-order valence-electron chi connectivity index (χ3n) is 2.25. The maximum Gasteiger partial charge on any atom is 0.120 e. The van der Waals surface area contributed by atoms with Gasteiger partial charge in [-0.2, -0.15) is 0 Å². The fourth-order valence-corrected chi connectivity index (χ4v) is 1.16. The summed E-state index contributed by atoms with van der Waals surface area (Å²) in [7, 11) is 0. The molecule has 0 heterocycles. The van der Waals surface area contributed by atoms with E-state index in [4.69, 9.17) is 4.74 Å². The predicted molar refractivity (Wildman–Crippen MR) is 57.5 cm³/mol. The average molecular weight is 194 g/mol. The van der Waals surface area contributed by atoms with Crippen LogP contribution in [0, 0.1) is 0 Å². The highest BCUT2D eigenvalue weighted by Crippen LogP contribution is 2.20. The van der Waals surface area contributed by atoms with E-state index in [0.717, 1.165) is 17.7 Å². The molecule has 1 rings (SSSR count). The van der Waals surface area contributed by atoms with E-state index in [1.165, 1.54) is 0 Å². The molecular formula is C12H18O2. The molecule has 0 fully saturated rings. The zero-order valence-corrected chi connectivity index (χ0v) is 9.03. The van der Waals surface area contributed by atoms with Crippen LogP contribution in [-0.2, 0) is 0 Å². The van der Waals surface area contributed by atoms with E-state index in [2.05, 4.69) is 6.92 Å². The van der Waals surface area contributed by atoms with Crippen LogP contribution in [0.1, 0.15) is 38.9 Å². The maximum absolute atomic E-state index is 9.38. The van der Waals surface area contributed by atoms with Gasteiger partial charge in [0, 0.05) is 0 Å². The molecule has 2 nitrogen and oxygen atoms in total. The van der Waals surface area contributed by atoms with Gasteiger partial charge < -0.3 is 9.84 Å². The van der Waals surface area contributed by atoms with Gasteiger partial charge in [0.25, 0.3) is 0 Å². The molecule has 2 heteroatoms. The topological polar surface area (TPSA) is 29.5 Å². The third kappa shape index (κ3) is 3.04. The van der Waals surface area contributed by atoms with Crippen LogP contribution in [0.25, 0.3) is 0 Å². The lowest BCUT2D eigenvalue weighted by atomic mass is 10.1. The molecule has 0 aromatic heterocycles. The third-order valence-corrected chi connectivity index (χ3v) is 2.25.